The average Bonchev–Trinajstić information content (AvgIpc) is 2.32. The first-order valence-corrected chi connectivity index (χ1v) is 9.90. The number of nitrogens with one attached hydrogen (secondary N) is 1. The summed E-state index contributed by atoms with van der Waals surface area (Å²) in [5, 5.41) is 3.11. The predicted octanol–water partition coefficient (Wildman–Crippen LogP) is 5.82. The Hall–Kier alpha value is -0.115. The Morgan fingerprint density at radius 2 is 1.54 bits per heavy atom. The summed E-state index contributed by atoms with van der Waals surface area (Å²) in [6.07, 6.45) is 2.81. The predicted molar refractivity (Wildman–Crippen MR) is 112 cm³/mol. The summed E-state index contributed by atoms with van der Waals surface area (Å²) in [6.45, 7) is 22.2. The highest BCUT2D eigenvalue weighted by Crippen LogP contribution is 2.39. The van der Waals surface area contributed by atoms with E-state index in [4.69, 9.17) is 0 Å². The van der Waals surface area contributed by atoms with Gasteiger partial charge in [-0.2, -0.15) is 12.6 Å². The number of rotatable bonds is 9. The van der Waals surface area contributed by atoms with Crippen LogP contribution in [-0.4, -0.2) is 18.6 Å². The fourth-order valence-corrected chi connectivity index (χ4v) is 3.59. The molecule has 0 bridgehead atoms. The molecule has 2 nitrogen and oxygen atoms in total. The van der Waals surface area contributed by atoms with E-state index in [-0.39, 0.29) is 27.9 Å². The Bertz CT molecular complexity index is 399. The molecule has 4 heteroatoms. The molecule has 2 atom stereocenters. The summed E-state index contributed by atoms with van der Waals surface area (Å²) in [6, 6.07) is 0. The van der Waals surface area contributed by atoms with Crippen LogP contribution in [0.5, 0.6) is 0 Å². The Morgan fingerprint density at radius 1 is 1.04 bits per heavy atom. The Morgan fingerprint density at radius 3 is 1.96 bits per heavy atom. The Labute approximate surface area is 158 Å². The number of hydrogen-bond donors (Lipinski definition) is 2. The maximum Gasteiger partial charge on any atom is 0.223 e. The lowest BCUT2D eigenvalue weighted by Gasteiger charge is -2.33. The van der Waals surface area contributed by atoms with Gasteiger partial charge in [0.2, 0.25) is 5.91 Å². The molecule has 0 rings (SSSR count). The lowest BCUT2D eigenvalue weighted by molar-refractivity contribution is -0.125. The van der Waals surface area contributed by atoms with Gasteiger partial charge in [-0.1, -0.05) is 87.3 Å². The van der Waals surface area contributed by atoms with Crippen molar-refractivity contribution in [3.8, 4) is 0 Å². The quantitative estimate of drug-likeness (QED) is 0.305. The number of amides is 1. The van der Waals surface area contributed by atoms with Crippen LogP contribution in [0.3, 0.4) is 0 Å². The van der Waals surface area contributed by atoms with E-state index in [9.17, 15) is 4.79 Å². The Balaban J connectivity index is 4.41. The molecule has 141 valence electrons. The van der Waals surface area contributed by atoms with E-state index in [1.165, 1.54) is 0 Å². The largest absolute Gasteiger partial charge is 0.345 e. The topological polar surface area (TPSA) is 29.1 Å². The molecule has 0 saturated heterocycles. The van der Waals surface area contributed by atoms with Crippen molar-refractivity contribution in [3.63, 3.8) is 0 Å². The molecule has 24 heavy (non-hydrogen) atoms. The lowest BCUT2D eigenvalue weighted by Crippen LogP contribution is -2.38. The third-order valence-electron chi connectivity index (χ3n) is 5.03. The van der Waals surface area contributed by atoms with Crippen molar-refractivity contribution in [1.29, 1.82) is 0 Å². The van der Waals surface area contributed by atoms with E-state index in [1.54, 1.807) is 0 Å². The van der Waals surface area contributed by atoms with Crippen LogP contribution < -0.4 is 5.32 Å². The van der Waals surface area contributed by atoms with Crippen molar-refractivity contribution in [2.24, 2.45) is 22.7 Å². The van der Waals surface area contributed by atoms with Gasteiger partial charge in [-0.3, -0.25) is 4.79 Å². The third-order valence-corrected chi connectivity index (χ3v) is 5.37. The summed E-state index contributed by atoms with van der Waals surface area (Å²) in [5.41, 5.74) is 0.468. The molecule has 1 amide bonds. The van der Waals surface area contributed by atoms with Crippen LogP contribution in [0.1, 0.15) is 82.1 Å². The normalized spacial score (nSPS) is 16.0. The maximum absolute atomic E-state index is 12.4. The first-order chi connectivity index (χ1) is 10.6. The molecule has 1 radical (unpaired) electrons. The van der Waals surface area contributed by atoms with Gasteiger partial charge >= 0.3 is 0 Å². The smallest absolute Gasteiger partial charge is 0.223 e. The van der Waals surface area contributed by atoms with E-state index in [1.807, 2.05) is 6.92 Å². The van der Waals surface area contributed by atoms with E-state index in [0.717, 1.165) is 19.2 Å². The van der Waals surface area contributed by atoms with Gasteiger partial charge in [0.05, 0.1) is 5.37 Å². The molecule has 0 fully saturated rings. The molecule has 0 aliphatic rings. The molecule has 0 aromatic rings. The zero-order chi connectivity index (χ0) is 19.3. The number of thiol groups is 1. The van der Waals surface area contributed by atoms with E-state index in [2.05, 4.69) is 87.5 Å². The Kier molecular flexibility index (Phi) is 8.96. The van der Waals surface area contributed by atoms with Crippen molar-refractivity contribution in [2.45, 2.75) is 99.1 Å². The zero-order valence-electron chi connectivity index (χ0n) is 17.8. The number of hydrogen-bond acceptors (Lipinski definition) is 2. The molecule has 0 aliphatic heterocycles. The summed E-state index contributed by atoms with van der Waals surface area (Å²) in [4.78, 5) is 12.4. The average molecular weight is 354 g/mol. The summed E-state index contributed by atoms with van der Waals surface area (Å²) >= 11 is 4.58. The van der Waals surface area contributed by atoms with Gasteiger partial charge < -0.3 is 5.32 Å². The molecule has 0 spiro atoms. The highest BCUT2D eigenvalue weighted by molar-refractivity contribution is 7.81. The molecule has 2 unspecified atom stereocenters. The van der Waals surface area contributed by atoms with Gasteiger partial charge in [-0.15, -0.1) is 0 Å². The molecule has 0 saturated carbocycles. The lowest BCUT2D eigenvalue weighted by atomic mass is 9.48. The molecule has 0 aromatic carbocycles. The van der Waals surface area contributed by atoms with E-state index >= 15 is 0 Å². The minimum atomic E-state index is -0.110. The highest BCUT2D eigenvalue weighted by Gasteiger charge is 2.29. The van der Waals surface area contributed by atoms with Gasteiger partial charge in [-0.25, -0.2) is 0 Å². The van der Waals surface area contributed by atoms with Crippen LogP contribution >= 0.6 is 12.6 Å². The molecule has 1 N–H and O–H groups in total. The van der Waals surface area contributed by atoms with E-state index < -0.39 is 0 Å². The standard InChI is InChI=1S/C20H41BNOS/c1-14(2)19(7,8)11-15(3)17(23)22-16(24)12-21-20(9,10)13-18(4,5)6/h14-16,24H,11-13H2,1-10H3,(H,22,23). The molecular weight excluding hydrogens is 313 g/mol. The zero-order valence-corrected chi connectivity index (χ0v) is 18.7. The van der Waals surface area contributed by atoms with Crippen molar-refractivity contribution >= 4 is 25.8 Å². The van der Waals surface area contributed by atoms with Gasteiger partial charge in [0, 0.05) is 5.92 Å². The number of carbonyl (C=O) groups excluding carboxylic acids is 1. The summed E-state index contributed by atoms with van der Waals surface area (Å²) in [5.74, 6) is 0.691. The maximum atomic E-state index is 12.4. The van der Waals surface area contributed by atoms with Crippen LogP contribution in [0.15, 0.2) is 0 Å². The van der Waals surface area contributed by atoms with Crippen LogP contribution in [0.2, 0.25) is 11.6 Å². The monoisotopic (exact) mass is 354 g/mol. The SMILES string of the molecule is CC(CC(C)(C)C(C)C)C(=O)NC(S)C[B]C(C)(C)CC(C)(C)C. The van der Waals surface area contributed by atoms with Crippen molar-refractivity contribution < 1.29 is 4.79 Å². The van der Waals surface area contributed by atoms with Gasteiger partial charge in [0.15, 0.2) is 0 Å². The van der Waals surface area contributed by atoms with Crippen LogP contribution in [0.25, 0.3) is 0 Å². The van der Waals surface area contributed by atoms with E-state index in [0.29, 0.717) is 11.3 Å². The van der Waals surface area contributed by atoms with Crippen LogP contribution in [-0.2, 0) is 4.79 Å². The van der Waals surface area contributed by atoms with Gasteiger partial charge in [0.1, 0.15) is 7.28 Å². The first-order valence-electron chi connectivity index (χ1n) is 9.38. The second kappa shape index (κ2) is 9.01. The molecule has 0 heterocycles. The molecular formula is C20H41BNOS. The fraction of sp³-hybridized carbons (Fsp3) is 0.950. The second-order valence-corrected chi connectivity index (χ2v) is 11.1. The second-order valence-electron chi connectivity index (χ2n) is 10.4. The minimum absolute atomic E-state index is 0.0136. The number of carbonyl (C=O) groups is 1. The highest BCUT2D eigenvalue weighted by atomic mass is 32.1. The summed E-state index contributed by atoms with van der Waals surface area (Å²) in [7, 11) is 2.30. The van der Waals surface area contributed by atoms with Gasteiger partial charge in [-0.05, 0) is 23.2 Å². The van der Waals surface area contributed by atoms with Crippen molar-refractivity contribution in [1.82, 2.24) is 5.32 Å². The van der Waals surface area contributed by atoms with Crippen LogP contribution in [0.4, 0.5) is 0 Å². The first kappa shape index (κ1) is 23.9. The van der Waals surface area contributed by atoms with Crippen molar-refractivity contribution in [3.05, 3.63) is 0 Å². The third kappa shape index (κ3) is 10.0. The van der Waals surface area contributed by atoms with Gasteiger partial charge in [0.25, 0.3) is 0 Å². The molecule has 0 aliphatic carbocycles. The molecule has 0 aromatic heterocycles. The summed E-state index contributed by atoms with van der Waals surface area (Å²) < 4.78 is 0. The fourth-order valence-electron chi connectivity index (χ4n) is 3.35. The van der Waals surface area contributed by atoms with Crippen molar-refractivity contribution in [2.75, 3.05) is 0 Å². The van der Waals surface area contributed by atoms with Crippen LogP contribution in [0, 0.1) is 22.7 Å². The minimum Gasteiger partial charge on any atom is -0.345 e.